The molecule has 0 radical (unpaired) electrons. The normalized spacial score (nSPS) is 20.2. The van der Waals surface area contributed by atoms with Crippen LogP contribution in [0.4, 0.5) is 34.1 Å². The molecule has 2 atom stereocenters. The van der Waals surface area contributed by atoms with Crippen LogP contribution >= 0.6 is 0 Å². The highest BCUT2D eigenvalue weighted by atomic mass is 32.2. The molecule has 2 N–H and O–H groups in total. The standard InChI is InChI=1S/C25H25F3N6O5S/c1-15-11-33-22(13-32(15)24(35)30-17-8-19(26)23(28)20(27)9-17)21(10-29-33)34-18(7-16-5-3-2-4-6-16)12-31(25(36)37)14-40(34,38)39/h2-6,8-10,15,18H,7,11-14H2,1H3,(H,30,35)(H,36,37)/t15-,18?/m0/s1. The van der Waals surface area contributed by atoms with E-state index < -0.39 is 57.6 Å². The van der Waals surface area contributed by atoms with Crippen molar-refractivity contribution in [2.45, 2.75) is 38.5 Å². The zero-order valence-corrected chi connectivity index (χ0v) is 22.0. The van der Waals surface area contributed by atoms with E-state index in [-0.39, 0.29) is 37.4 Å². The molecule has 2 aromatic carbocycles. The van der Waals surface area contributed by atoms with E-state index in [0.29, 0.717) is 17.8 Å². The van der Waals surface area contributed by atoms with E-state index in [2.05, 4.69) is 10.4 Å². The zero-order chi connectivity index (χ0) is 28.8. The third kappa shape index (κ3) is 5.15. The van der Waals surface area contributed by atoms with Gasteiger partial charge in [0.25, 0.3) is 10.0 Å². The fraction of sp³-hybridized carbons (Fsp3) is 0.320. The SMILES string of the molecule is C[C@H]1Cn2ncc(N3C(Cc4ccccc4)CN(C(=O)O)CS3(=O)=O)c2CN1C(=O)Nc1cc(F)c(F)c(F)c1. The summed E-state index contributed by atoms with van der Waals surface area (Å²) in [4.78, 5) is 27.0. The van der Waals surface area contributed by atoms with Gasteiger partial charge in [0.15, 0.2) is 17.5 Å². The quantitative estimate of drug-likeness (QED) is 0.457. The molecule has 2 aliphatic rings. The summed E-state index contributed by atoms with van der Waals surface area (Å²) in [7, 11) is -4.17. The molecule has 1 unspecified atom stereocenters. The van der Waals surface area contributed by atoms with Gasteiger partial charge in [-0.1, -0.05) is 30.3 Å². The number of halogens is 3. The number of fused-ring (bicyclic) bond motifs is 1. The third-order valence-electron chi connectivity index (χ3n) is 6.92. The second kappa shape index (κ2) is 10.4. The Kier molecular flexibility index (Phi) is 7.08. The van der Waals surface area contributed by atoms with Crippen molar-refractivity contribution in [1.29, 1.82) is 0 Å². The van der Waals surface area contributed by atoms with Gasteiger partial charge >= 0.3 is 12.1 Å². The van der Waals surface area contributed by atoms with Crippen LogP contribution in [0.1, 0.15) is 18.2 Å². The van der Waals surface area contributed by atoms with Crippen LogP contribution in [0.25, 0.3) is 0 Å². The van der Waals surface area contributed by atoms with Gasteiger partial charge in [-0.15, -0.1) is 0 Å². The molecule has 1 fully saturated rings. The van der Waals surface area contributed by atoms with Gasteiger partial charge in [-0.3, -0.25) is 13.9 Å². The van der Waals surface area contributed by atoms with Crippen molar-refractivity contribution in [1.82, 2.24) is 19.6 Å². The number of nitrogens with zero attached hydrogens (tertiary/aromatic N) is 5. The van der Waals surface area contributed by atoms with Crippen LogP contribution < -0.4 is 9.62 Å². The predicted octanol–water partition coefficient (Wildman–Crippen LogP) is 3.44. The van der Waals surface area contributed by atoms with E-state index in [1.807, 2.05) is 18.2 Å². The minimum Gasteiger partial charge on any atom is -0.465 e. The Morgan fingerprint density at radius 1 is 1.10 bits per heavy atom. The van der Waals surface area contributed by atoms with Crippen molar-refractivity contribution >= 4 is 33.5 Å². The van der Waals surface area contributed by atoms with Crippen LogP contribution in [0, 0.1) is 17.5 Å². The van der Waals surface area contributed by atoms with Crippen molar-refractivity contribution in [3.63, 3.8) is 0 Å². The molecule has 0 aliphatic carbocycles. The summed E-state index contributed by atoms with van der Waals surface area (Å²) in [5.74, 6) is -5.33. The number of hydrogen-bond acceptors (Lipinski definition) is 5. The van der Waals surface area contributed by atoms with Crippen LogP contribution in [-0.2, 0) is 29.5 Å². The Labute approximate surface area is 227 Å². The number of carbonyl (C=O) groups excluding carboxylic acids is 1. The molecule has 3 amide bonds. The number of anilines is 2. The molecule has 0 saturated carbocycles. The second-order valence-electron chi connectivity index (χ2n) is 9.70. The summed E-state index contributed by atoms with van der Waals surface area (Å²) < 4.78 is 70.4. The Bertz CT molecular complexity index is 1550. The smallest absolute Gasteiger partial charge is 0.408 e. The molecule has 5 rings (SSSR count). The molecule has 11 nitrogen and oxygen atoms in total. The number of amides is 3. The van der Waals surface area contributed by atoms with Gasteiger partial charge in [0, 0.05) is 24.4 Å². The highest BCUT2D eigenvalue weighted by molar-refractivity contribution is 7.92. The molecule has 3 aromatic rings. The first kappa shape index (κ1) is 27.3. The summed E-state index contributed by atoms with van der Waals surface area (Å²) >= 11 is 0. The van der Waals surface area contributed by atoms with Crippen molar-refractivity contribution in [2.24, 2.45) is 0 Å². The number of rotatable bonds is 4. The number of sulfonamides is 1. The number of aromatic nitrogens is 2. The Hall–Kier alpha value is -4.27. The van der Waals surface area contributed by atoms with Crippen LogP contribution in [0.2, 0.25) is 0 Å². The summed E-state index contributed by atoms with van der Waals surface area (Å²) in [6.45, 7) is 1.71. The van der Waals surface area contributed by atoms with Crippen LogP contribution in [-0.4, -0.2) is 69.7 Å². The van der Waals surface area contributed by atoms with E-state index in [4.69, 9.17) is 0 Å². The molecule has 1 aromatic heterocycles. The Morgan fingerprint density at radius 3 is 2.42 bits per heavy atom. The highest BCUT2D eigenvalue weighted by Gasteiger charge is 2.43. The second-order valence-corrected chi connectivity index (χ2v) is 11.5. The molecule has 212 valence electrons. The maximum absolute atomic E-state index is 13.7. The highest BCUT2D eigenvalue weighted by Crippen LogP contribution is 2.34. The maximum atomic E-state index is 13.7. The number of nitrogens with one attached hydrogen (secondary N) is 1. The van der Waals surface area contributed by atoms with Crippen molar-refractivity contribution in [3.8, 4) is 0 Å². The minimum absolute atomic E-state index is 0.0869. The molecule has 40 heavy (non-hydrogen) atoms. The molecular formula is C25H25F3N6O5S. The Balaban J connectivity index is 1.46. The molecular weight excluding hydrogens is 553 g/mol. The molecule has 1 saturated heterocycles. The average Bonchev–Trinajstić information content (AvgIpc) is 3.28. The molecule has 3 heterocycles. The fourth-order valence-corrected chi connectivity index (χ4v) is 6.83. The first-order valence-electron chi connectivity index (χ1n) is 12.3. The molecule has 15 heteroatoms. The van der Waals surface area contributed by atoms with Gasteiger partial charge in [-0.05, 0) is 18.9 Å². The lowest BCUT2D eigenvalue weighted by Gasteiger charge is -2.41. The maximum Gasteiger partial charge on any atom is 0.408 e. The topological polar surface area (TPSA) is 128 Å². The monoisotopic (exact) mass is 578 g/mol. The van der Waals surface area contributed by atoms with E-state index in [1.54, 1.807) is 23.7 Å². The summed E-state index contributed by atoms with van der Waals surface area (Å²) in [5, 5.41) is 16.3. The lowest BCUT2D eigenvalue weighted by Crippen LogP contribution is -2.58. The van der Waals surface area contributed by atoms with Crippen molar-refractivity contribution < 1.29 is 36.3 Å². The summed E-state index contributed by atoms with van der Waals surface area (Å²) in [6, 6.07) is 8.36. The van der Waals surface area contributed by atoms with Gasteiger partial charge in [0.05, 0.1) is 42.8 Å². The summed E-state index contributed by atoms with van der Waals surface area (Å²) in [5.41, 5.74) is 1.10. The number of benzene rings is 2. The lowest BCUT2D eigenvalue weighted by molar-refractivity contribution is 0.147. The molecule has 0 bridgehead atoms. The minimum atomic E-state index is -4.17. The summed E-state index contributed by atoms with van der Waals surface area (Å²) in [6.07, 6.45) is 0.236. The number of carbonyl (C=O) groups is 2. The van der Waals surface area contributed by atoms with Crippen LogP contribution in [0.3, 0.4) is 0 Å². The van der Waals surface area contributed by atoms with Gasteiger partial charge in [-0.2, -0.15) is 5.10 Å². The van der Waals surface area contributed by atoms with Crippen LogP contribution in [0.5, 0.6) is 0 Å². The van der Waals surface area contributed by atoms with E-state index >= 15 is 0 Å². The fourth-order valence-electron chi connectivity index (χ4n) is 5.05. The van der Waals surface area contributed by atoms with Gasteiger partial charge < -0.3 is 15.3 Å². The lowest BCUT2D eigenvalue weighted by atomic mass is 10.0. The van der Waals surface area contributed by atoms with Crippen LogP contribution in [0.15, 0.2) is 48.7 Å². The number of urea groups is 1. The first-order valence-corrected chi connectivity index (χ1v) is 13.9. The van der Waals surface area contributed by atoms with E-state index in [0.717, 1.165) is 10.5 Å². The Morgan fingerprint density at radius 2 is 1.77 bits per heavy atom. The van der Waals surface area contributed by atoms with Gasteiger partial charge in [0.2, 0.25) is 0 Å². The predicted molar refractivity (Wildman–Crippen MR) is 137 cm³/mol. The van der Waals surface area contributed by atoms with Gasteiger partial charge in [0.1, 0.15) is 5.88 Å². The first-order chi connectivity index (χ1) is 18.9. The molecule has 2 aliphatic heterocycles. The average molecular weight is 579 g/mol. The number of hydrogen-bond donors (Lipinski definition) is 2. The van der Waals surface area contributed by atoms with E-state index in [9.17, 15) is 36.3 Å². The molecule has 0 spiro atoms. The van der Waals surface area contributed by atoms with Crippen molar-refractivity contribution in [3.05, 3.63) is 77.4 Å². The largest absolute Gasteiger partial charge is 0.465 e. The number of carboxylic acid groups (broad SMARTS) is 1. The van der Waals surface area contributed by atoms with Gasteiger partial charge in [-0.25, -0.2) is 31.2 Å². The zero-order valence-electron chi connectivity index (χ0n) is 21.2. The third-order valence-corrected chi connectivity index (χ3v) is 8.65. The van der Waals surface area contributed by atoms with Crippen molar-refractivity contribution in [2.75, 3.05) is 22.0 Å². The van der Waals surface area contributed by atoms with E-state index in [1.165, 1.54) is 15.4 Å².